The second kappa shape index (κ2) is 8.68. The first kappa shape index (κ1) is 18.2. The third kappa shape index (κ3) is 4.95. The molecule has 1 N–H and O–H groups in total. The van der Waals surface area contributed by atoms with Gasteiger partial charge in [-0.1, -0.05) is 12.1 Å². The molecular formula is C20H31N3O2. The van der Waals surface area contributed by atoms with E-state index in [4.69, 9.17) is 4.74 Å². The number of rotatable bonds is 5. The number of piperidine rings is 2. The molecule has 0 unspecified atom stereocenters. The van der Waals surface area contributed by atoms with Crippen LogP contribution in [-0.2, 0) is 11.3 Å². The summed E-state index contributed by atoms with van der Waals surface area (Å²) < 4.78 is 5.17. The summed E-state index contributed by atoms with van der Waals surface area (Å²) in [6.45, 7) is 5.01. The Morgan fingerprint density at radius 2 is 1.88 bits per heavy atom. The van der Waals surface area contributed by atoms with E-state index in [2.05, 4.69) is 22.2 Å². The van der Waals surface area contributed by atoms with Gasteiger partial charge in [0, 0.05) is 19.1 Å². The molecule has 1 aromatic rings. The predicted octanol–water partition coefficient (Wildman–Crippen LogP) is 2.12. The van der Waals surface area contributed by atoms with Gasteiger partial charge in [0.1, 0.15) is 5.75 Å². The largest absolute Gasteiger partial charge is 0.497 e. The van der Waals surface area contributed by atoms with Crippen molar-refractivity contribution in [2.24, 2.45) is 5.92 Å². The van der Waals surface area contributed by atoms with Gasteiger partial charge in [-0.15, -0.1) is 0 Å². The number of benzene rings is 1. The summed E-state index contributed by atoms with van der Waals surface area (Å²) in [4.78, 5) is 17.6. The van der Waals surface area contributed by atoms with Crippen molar-refractivity contribution in [2.45, 2.75) is 38.3 Å². The maximum absolute atomic E-state index is 12.6. The zero-order valence-electron chi connectivity index (χ0n) is 15.5. The zero-order valence-corrected chi connectivity index (χ0v) is 15.5. The average molecular weight is 345 g/mol. The molecule has 1 aromatic carbocycles. The van der Waals surface area contributed by atoms with Crippen molar-refractivity contribution in [3.05, 3.63) is 29.8 Å². The van der Waals surface area contributed by atoms with Crippen LogP contribution in [0.1, 0.15) is 31.2 Å². The van der Waals surface area contributed by atoms with Crippen molar-refractivity contribution in [3.63, 3.8) is 0 Å². The van der Waals surface area contributed by atoms with E-state index in [0.717, 1.165) is 37.2 Å². The molecule has 1 atom stereocenters. The molecule has 0 saturated carbocycles. The summed E-state index contributed by atoms with van der Waals surface area (Å²) in [6.07, 6.45) is 4.61. The van der Waals surface area contributed by atoms with E-state index < -0.39 is 0 Å². The van der Waals surface area contributed by atoms with E-state index in [1.165, 1.54) is 25.9 Å². The van der Waals surface area contributed by atoms with Crippen molar-refractivity contribution in [3.8, 4) is 5.75 Å². The van der Waals surface area contributed by atoms with Gasteiger partial charge in [-0.25, -0.2) is 0 Å². The lowest BCUT2D eigenvalue weighted by atomic mass is 9.93. The molecule has 2 heterocycles. The van der Waals surface area contributed by atoms with Crippen molar-refractivity contribution in [1.29, 1.82) is 0 Å². The molecule has 2 fully saturated rings. The molecule has 25 heavy (non-hydrogen) atoms. The Bertz CT molecular complexity index is 553. The Labute approximate surface area is 151 Å². The Morgan fingerprint density at radius 3 is 2.56 bits per heavy atom. The SMILES string of the molecule is COc1ccc(CNC(=O)[C@@H]2CCCN(C3CCN(C)CC3)C2)cc1. The molecule has 0 spiro atoms. The summed E-state index contributed by atoms with van der Waals surface area (Å²) >= 11 is 0. The molecule has 2 aliphatic rings. The Hall–Kier alpha value is -1.59. The summed E-state index contributed by atoms with van der Waals surface area (Å²) in [5, 5.41) is 3.12. The highest BCUT2D eigenvalue weighted by Crippen LogP contribution is 2.23. The minimum atomic E-state index is 0.131. The van der Waals surface area contributed by atoms with E-state index in [1.807, 2.05) is 24.3 Å². The molecule has 3 rings (SSSR count). The number of nitrogens with one attached hydrogen (secondary N) is 1. The van der Waals surface area contributed by atoms with Gasteiger partial charge in [-0.2, -0.15) is 0 Å². The number of hydrogen-bond acceptors (Lipinski definition) is 4. The quantitative estimate of drug-likeness (QED) is 0.888. The highest BCUT2D eigenvalue weighted by atomic mass is 16.5. The molecule has 0 bridgehead atoms. The first-order chi connectivity index (χ1) is 12.2. The molecule has 0 aliphatic carbocycles. The van der Waals surface area contributed by atoms with Crippen LogP contribution in [0.3, 0.4) is 0 Å². The average Bonchev–Trinajstić information content (AvgIpc) is 2.67. The fraction of sp³-hybridized carbons (Fsp3) is 0.650. The van der Waals surface area contributed by atoms with Crippen LogP contribution < -0.4 is 10.1 Å². The molecule has 2 aliphatic heterocycles. The Kier molecular flexibility index (Phi) is 6.32. The van der Waals surface area contributed by atoms with Gasteiger partial charge >= 0.3 is 0 Å². The molecule has 5 nitrogen and oxygen atoms in total. The maximum atomic E-state index is 12.6. The number of methoxy groups -OCH3 is 1. The lowest BCUT2D eigenvalue weighted by molar-refractivity contribution is -0.127. The van der Waals surface area contributed by atoms with Crippen LogP contribution >= 0.6 is 0 Å². The van der Waals surface area contributed by atoms with Gasteiger partial charge in [-0.05, 0) is 70.1 Å². The normalized spacial score (nSPS) is 23.4. The summed E-state index contributed by atoms with van der Waals surface area (Å²) in [5.41, 5.74) is 1.11. The van der Waals surface area contributed by atoms with Crippen molar-refractivity contribution in [1.82, 2.24) is 15.1 Å². The monoisotopic (exact) mass is 345 g/mol. The van der Waals surface area contributed by atoms with Gasteiger partial charge < -0.3 is 15.0 Å². The Balaban J connectivity index is 1.47. The van der Waals surface area contributed by atoms with Crippen molar-refractivity contribution in [2.75, 3.05) is 40.3 Å². The minimum absolute atomic E-state index is 0.131. The van der Waals surface area contributed by atoms with Crippen LogP contribution in [0, 0.1) is 5.92 Å². The van der Waals surface area contributed by atoms with Crippen LogP contribution in [-0.4, -0.2) is 62.1 Å². The van der Waals surface area contributed by atoms with Crippen LogP contribution in [0.25, 0.3) is 0 Å². The number of carbonyl (C=O) groups excluding carboxylic acids is 1. The fourth-order valence-electron chi connectivity index (χ4n) is 3.99. The Morgan fingerprint density at radius 1 is 1.16 bits per heavy atom. The summed E-state index contributed by atoms with van der Waals surface area (Å²) in [7, 11) is 3.86. The lowest BCUT2D eigenvalue weighted by Crippen LogP contribution is -2.50. The number of hydrogen-bond donors (Lipinski definition) is 1. The van der Waals surface area contributed by atoms with E-state index in [-0.39, 0.29) is 11.8 Å². The van der Waals surface area contributed by atoms with E-state index in [9.17, 15) is 4.79 Å². The molecular weight excluding hydrogens is 314 g/mol. The van der Waals surface area contributed by atoms with E-state index in [0.29, 0.717) is 12.6 Å². The van der Waals surface area contributed by atoms with Gasteiger partial charge in [0.15, 0.2) is 0 Å². The standard InChI is InChI=1S/C20H31N3O2/c1-22-12-9-18(10-13-22)23-11-3-4-17(15-23)20(24)21-14-16-5-7-19(25-2)8-6-16/h5-8,17-18H,3-4,9-15H2,1-2H3,(H,21,24)/t17-/m1/s1. The molecule has 5 heteroatoms. The minimum Gasteiger partial charge on any atom is -0.497 e. The van der Waals surface area contributed by atoms with Crippen LogP contribution in [0.4, 0.5) is 0 Å². The number of nitrogens with zero attached hydrogens (tertiary/aromatic N) is 2. The first-order valence-corrected chi connectivity index (χ1v) is 9.49. The molecule has 0 aromatic heterocycles. The third-order valence-electron chi connectivity index (χ3n) is 5.65. The van der Waals surface area contributed by atoms with E-state index >= 15 is 0 Å². The van der Waals surface area contributed by atoms with Crippen molar-refractivity contribution >= 4 is 5.91 Å². The number of amides is 1. The lowest BCUT2D eigenvalue weighted by Gasteiger charge is -2.41. The van der Waals surface area contributed by atoms with Gasteiger partial charge in [0.2, 0.25) is 5.91 Å². The number of carbonyl (C=O) groups is 1. The van der Waals surface area contributed by atoms with Crippen LogP contribution in [0.5, 0.6) is 5.75 Å². The molecule has 2 saturated heterocycles. The molecule has 0 radical (unpaired) electrons. The summed E-state index contributed by atoms with van der Waals surface area (Å²) in [6, 6.07) is 8.54. The topological polar surface area (TPSA) is 44.8 Å². The molecule has 138 valence electrons. The van der Waals surface area contributed by atoms with Crippen LogP contribution in [0.15, 0.2) is 24.3 Å². The smallest absolute Gasteiger partial charge is 0.224 e. The highest BCUT2D eigenvalue weighted by Gasteiger charge is 2.30. The van der Waals surface area contributed by atoms with Gasteiger partial charge in [0.05, 0.1) is 13.0 Å². The van der Waals surface area contributed by atoms with Crippen LogP contribution in [0.2, 0.25) is 0 Å². The van der Waals surface area contributed by atoms with E-state index in [1.54, 1.807) is 7.11 Å². The number of likely N-dealkylation sites (tertiary alicyclic amines) is 2. The third-order valence-corrected chi connectivity index (χ3v) is 5.65. The fourth-order valence-corrected chi connectivity index (χ4v) is 3.99. The van der Waals surface area contributed by atoms with Crippen molar-refractivity contribution < 1.29 is 9.53 Å². The number of ether oxygens (including phenoxy) is 1. The van der Waals surface area contributed by atoms with Gasteiger partial charge in [0.25, 0.3) is 0 Å². The van der Waals surface area contributed by atoms with Gasteiger partial charge in [-0.3, -0.25) is 9.69 Å². The second-order valence-electron chi connectivity index (χ2n) is 7.43. The highest BCUT2D eigenvalue weighted by molar-refractivity contribution is 5.79. The molecule has 1 amide bonds. The second-order valence-corrected chi connectivity index (χ2v) is 7.43. The zero-order chi connectivity index (χ0) is 17.6. The first-order valence-electron chi connectivity index (χ1n) is 9.49. The summed E-state index contributed by atoms with van der Waals surface area (Å²) in [5.74, 6) is 1.18. The predicted molar refractivity (Wildman–Crippen MR) is 99.7 cm³/mol. The maximum Gasteiger partial charge on any atom is 0.224 e.